The lowest BCUT2D eigenvalue weighted by Gasteiger charge is -2.20. The zero-order chi connectivity index (χ0) is 25.3. The molecule has 0 aliphatic carbocycles. The minimum Gasteiger partial charge on any atom is -0.504 e. The maximum absolute atomic E-state index is 13.5. The first kappa shape index (κ1) is 27.9. The number of aliphatic hydroxyl groups excluding tert-OH is 1. The van der Waals surface area contributed by atoms with Crippen molar-refractivity contribution in [2.24, 2.45) is 0 Å². The molecule has 2 nitrogen and oxygen atoms in total. The Morgan fingerprint density at radius 3 is 1.68 bits per heavy atom. The number of ketones is 1. The van der Waals surface area contributed by atoms with E-state index >= 15 is 0 Å². The number of hydrogen-bond donors (Lipinski definition) is 1. The molecule has 0 bridgehead atoms. The van der Waals surface area contributed by atoms with E-state index in [-0.39, 0.29) is 11.5 Å². The van der Waals surface area contributed by atoms with Crippen LogP contribution in [-0.2, 0) is 6.42 Å². The standard InChI is InChI=1S/C32H46O2/c1-8-22-15-16-30(25(13-6)14-7)28(17-22)21-31(33)32(34)29-19-26(23(9-2)10-3)18-27(20-29)24(11-4)12-5/h15-21,23-25,33H,8-14H2,1-7H3. The Bertz CT molecular complexity index is 927. The summed E-state index contributed by atoms with van der Waals surface area (Å²) >= 11 is 0. The smallest absolute Gasteiger partial charge is 0.227 e. The van der Waals surface area contributed by atoms with Crippen LogP contribution in [0.4, 0.5) is 0 Å². The van der Waals surface area contributed by atoms with Crippen molar-refractivity contribution in [1.82, 2.24) is 0 Å². The Hall–Kier alpha value is -2.35. The molecule has 2 rings (SSSR count). The van der Waals surface area contributed by atoms with Crippen LogP contribution in [0.1, 0.15) is 143 Å². The van der Waals surface area contributed by atoms with Gasteiger partial charge < -0.3 is 5.11 Å². The van der Waals surface area contributed by atoms with Crippen LogP contribution in [0.2, 0.25) is 0 Å². The van der Waals surface area contributed by atoms with Crippen molar-refractivity contribution in [2.75, 3.05) is 0 Å². The van der Waals surface area contributed by atoms with E-state index in [0.29, 0.717) is 23.3 Å². The molecule has 0 aliphatic heterocycles. The highest BCUT2D eigenvalue weighted by atomic mass is 16.3. The summed E-state index contributed by atoms with van der Waals surface area (Å²) < 4.78 is 0. The number of allylic oxidation sites excluding steroid dienone is 1. The van der Waals surface area contributed by atoms with Crippen LogP contribution in [-0.4, -0.2) is 10.9 Å². The van der Waals surface area contributed by atoms with Crippen molar-refractivity contribution in [2.45, 2.75) is 111 Å². The van der Waals surface area contributed by atoms with Gasteiger partial charge in [0, 0.05) is 5.56 Å². The van der Waals surface area contributed by atoms with Crippen LogP contribution in [0.3, 0.4) is 0 Å². The molecule has 2 aromatic carbocycles. The first-order valence-corrected chi connectivity index (χ1v) is 13.6. The number of benzene rings is 2. The van der Waals surface area contributed by atoms with Gasteiger partial charge in [0.1, 0.15) is 0 Å². The highest BCUT2D eigenvalue weighted by Crippen LogP contribution is 2.32. The lowest BCUT2D eigenvalue weighted by molar-refractivity contribution is 0.0980. The van der Waals surface area contributed by atoms with Gasteiger partial charge in [-0.05, 0) is 109 Å². The average Bonchev–Trinajstić information content (AvgIpc) is 2.86. The van der Waals surface area contributed by atoms with Gasteiger partial charge in [-0.25, -0.2) is 0 Å². The van der Waals surface area contributed by atoms with Crippen molar-refractivity contribution < 1.29 is 9.90 Å². The summed E-state index contributed by atoms with van der Waals surface area (Å²) in [5, 5.41) is 11.0. The van der Waals surface area contributed by atoms with Crippen molar-refractivity contribution >= 4 is 11.9 Å². The van der Waals surface area contributed by atoms with Crippen molar-refractivity contribution in [3.05, 3.63) is 75.5 Å². The van der Waals surface area contributed by atoms with Crippen LogP contribution < -0.4 is 0 Å². The van der Waals surface area contributed by atoms with E-state index < -0.39 is 0 Å². The Kier molecular flexibility index (Phi) is 11.1. The molecule has 0 saturated heterocycles. The minimum absolute atomic E-state index is 0.169. The van der Waals surface area contributed by atoms with Gasteiger partial charge >= 0.3 is 0 Å². The van der Waals surface area contributed by atoms with Gasteiger partial charge in [0.05, 0.1) is 0 Å². The summed E-state index contributed by atoms with van der Waals surface area (Å²) in [6.45, 7) is 15.3. The van der Waals surface area contributed by atoms with Crippen LogP contribution in [0, 0.1) is 0 Å². The van der Waals surface area contributed by atoms with Crippen molar-refractivity contribution in [3.63, 3.8) is 0 Å². The Morgan fingerprint density at radius 2 is 1.24 bits per heavy atom. The van der Waals surface area contributed by atoms with Gasteiger partial charge in [0.2, 0.25) is 5.78 Å². The molecule has 0 amide bonds. The number of aryl methyl sites for hydroxylation is 1. The summed E-state index contributed by atoms with van der Waals surface area (Å²) in [6.07, 6.45) is 8.87. The van der Waals surface area contributed by atoms with Gasteiger partial charge in [0.15, 0.2) is 5.76 Å². The molecule has 0 heterocycles. The SMILES string of the molecule is CCc1ccc(C(CC)CC)c(C=C(O)C(=O)c2cc(C(CC)CC)cc(C(CC)CC)c2)c1. The molecule has 0 unspecified atom stereocenters. The quantitative estimate of drug-likeness (QED) is 0.183. The van der Waals surface area contributed by atoms with E-state index in [0.717, 1.165) is 50.5 Å². The summed E-state index contributed by atoms with van der Waals surface area (Å²) in [5.74, 6) is 0.819. The summed E-state index contributed by atoms with van der Waals surface area (Å²) in [6, 6.07) is 12.8. The number of hydrogen-bond acceptors (Lipinski definition) is 2. The molecule has 0 spiro atoms. The molecule has 0 saturated carbocycles. The lowest BCUT2D eigenvalue weighted by Crippen LogP contribution is -2.09. The normalized spacial score (nSPS) is 12.2. The zero-order valence-electron chi connectivity index (χ0n) is 22.6. The Balaban J connectivity index is 2.58. The molecule has 0 atom stereocenters. The van der Waals surface area contributed by atoms with Gasteiger partial charge in [-0.3, -0.25) is 4.79 Å². The summed E-state index contributed by atoms with van der Waals surface area (Å²) in [7, 11) is 0. The summed E-state index contributed by atoms with van der Waals surface area (Å²) in [5.41, 5.74) is 6.44. The van der Waals surface area contributed by atoms with Gasteiger partial charge in [0.25, 0.3) is 0 Å². The molecule has 0 aromatic heterocycles. The molecule has 34 heavy (non-hydrogen) atoms. The predicted molar refractivity (Wildman–Crippen MR) is 147 cm³/mol. The molecule has 2 aromatic rings. The third-order valence-corrected chi connectivity index (χ3v) is 7.66. The highest BCUT2D eigenvalue weighted by molar-refractivity contribution is 6.09. The topological polar surface area (TPSA) is 37.3 Å². The van der Waals surface area contributed by atoms with Crippen molar-refractivity contribution in [1.29, 1.82) is 0 Å². The first-order valence-electron chi connectivity index (χ1n) is 13.6. The number of rotatable bonds is 13. The van der Waals surface area contributed by atoms with Crippen LogP contribution >= 0.6 is 0 Å². The maximum Gasteiger partial charge on any atom is 0.227 e. The molecule has 0 fully saturated rings. The highest BCUT2D eigenvalue weighted by Gasteiger charge is 2.20. The molecule has 2 heteroatoms. The largest absolute Gasteiger partial charge is 0.504 e. The van der Waals surface area contributed by atoms with Gasteiger partial charge in [-0.1, -0.05) is 72.7 Å². The van der Waals surface area contributed by atoms with E-state index in [1.807, 2.05) is 12.1 Å². The lowest BCUT2D eigenvalue weighted by atomic mass is 9.85. The van der Waals surface area contributed by atoms with E-state index in [4.69, 9.17) is 0 Å². The van der Waals surface area contributed by atoms with E-state index in [9.17, 15) is 9.90 Å². The minimum atomic E-state index is -0.280. The second-order valence-electron chi connectivity index (χ2n) is 9.60. The average molecular weight is 463 g/mol. The van der Waals surface area contributed by atoms with E-state index in [1.165, 1.54) is 22.3 Å². The molecular weight excluding hydrogens is 416 g/mol. The molecule has 0 aliphatic rings. The Labute approximate surface area is 208 Å². The second kappa shape index (κ2) is 13.5. The van der Waals surface area contributed by atoms with Gasteiger partial charge in [-0.15, -0.1) is 0 Å². The number of aliphatic hydroxyl groups is 1. The fourth-order valence-corrected chi connectivity index (χ4v) is 5.23. The predicted octanol–water partition coefficient (Wildman–Crippen LogP) is 9.74. The number of carbonyl (C=O) groups is 1. The third-order valence-electron chi connectivity index (χ3n) is 7.66. The van der Waals surface area contributed by atoms with Crippen LogP contribution in [0.15, 0.2) is 42.2 Å². The molecule has 0 radical (unpaired) electrons. The van der Waals surface area contributed by atoms with Gasteiger partial charge in [-0.2, -0.15) is 0 Å². The fourth-order valence-electron chi connectivity index (χ4n) is 5.23. The first-order chi connectivity index (χ1) is 16.4. The van der Waals surface area contributed by atoms with E-state index in [2.05, 4.69) is 72.7 Å². The Morgan fingerprint density at radius 1 is 0.735 bits per heavy atom. The van der Waals surface area contributed by atoms with Crippen LogP contribution in [0.5, 0.6) is 0 Å². The monoisotopic (exact) mass is 462 g/mol. The molecule has 1 N–H and O–H groups in total. The van der Waals surface area contributed by atoms with E-state index in [1.54, 1.807) is 6.08 Å². The van der Waals surface area contributed by atoms with Crippen LogP contribution in [0.25, 0.3) is 6.08 Å². The second-order valence-corrected chi connectivity index (χ2v) is 9.60. The number of Topliss-reactive ketones (excluding diaryl/α,β-unsaturated/α-hetero) is 1. The maximum atomic E-state index is 13.5. The van der Waals surface area contributed by atoms with Crippen molar-refractivity contribution in [3.8, 4) is 0 Å². The fraction of sp³-hybridized carbons (Fsp3) is 0.531. The number of carbonyl (C=O) groups excluding carboxylic acids is 1. The zero-order valence-corrected chi connectivity index (χ0v) is 22.6. The summed E-state index contributed by atoms with van der Waals surface area (Å²) in [4.78, 5) is 13.5. The molecule has 186 valence electrons. The molecular formula is C32H46O2. The third kappa shape index (κ3) is 6.62.